The summed E-state index contributed by atoms with van der Waals surface area (Å²) in [6, 6.07) is 26.6. The van der Waals surface area contributed by atoms with E-state index in [1.165, 1.54) is 5.56 Å². The maximum absolute atomic E-state index is 9.72. The van der Waals surface area contributed by atoms with Crippen molar-refractivity contribution in [1.82, 2.24) is 10.6 Å². The van der Waals surface area contributed by atoms with E-state index in [2.05, 4.69) is 52.1 Å². The number of benzene rings is 3. The van der Waals surface area contributed by atoms with Gasteiger partial charge >= 0.3 is 0 Å². The van der Waals surface area contributed by atoms with Crippen LogP contribution >= 0.6 is 0 Å². The van der Waals surface area contributed by atoms with E-state index in [-0.39, 0.29) is 24.6 Å². The van der Waals surface area contributed by atoms with E-state index in [1.807, 2.05) is 54.6 Å². The fraction of sp³-hybridized carbons (Fsp3) is 0.250. The molecule has 1 heterocycles. The normalized spacial score (nSPS) is 18.1. The van der Waals surface area contributed by atoms with Crippen molar-refractivity contribution in [3.63, 3.8) is 0 Å². The quantitative estimate of drug-likeness (QED) is 0.324. The van der Waals surface area contributed by atoms with Crippen LogP contribution in [0.4, 0.5) is 5.69 Å². The van der Waals surface area contributed by atoms with Crippen molar-refractivity contribution in [3.05, 3.63) is 95.6 Å². The number of methoxy groups -OCH3 is 1. The van der Waals surface area contributed by atoms with Crippen LogP contribution in [-0.2, 0) is 4.79 Å². The lowest BCUT2D eigenvalue weighted by Crippen LogP contribution is -2.63. The van der Waals surface area contributed by atoms with Crippen molar-refractivity contribution >= 4 is 12.1 Å². The molecule has 4 N–H and O–H groups in total. The molecule has 1 aliphatic rings. The number of anilines is 1. The summed E-state index contributed by atoms with van der Waals surface area (Å²) in [7, 11) is 3.23. The molecule has 34 heavy (non-hydrogen) atoms. The van der Waals surface area contributed by atoms with Crippen molar-refractivity contribution in [3.8, 4) is 17.6 Å². The summed E-state index contributed by atoms with van der Waals surface area (Å²) < 4.78 is 5.21. The molecule has 3 atom stereocenters. The highest BCUT2D eigenvalue weighted by atomic mass is 16.5. The number of rotatable bonds is 7. The number of nitrogens with one attached hydrogen (secondary N) is 3. The van der Waals surface area contributed by atoms with Gasteiger partial charge in [-0.1, -0.05) is 42.2 Å². The largest absolute Gasteiger partial charge is 0.497 e. The number of hydrogen-bond acceptors (Lipinski definition) is 5. The van der Waals surface area contributed by atoms with Crippen LogP contribution in [0.3, 0.4) is 0 Å². The third-order valence-corrected chi connectivity index (χ3v) is 5.65. The fourth-order valence-corrected chi connectivity index (χ4v) is 3.85. The summed E-state index contributed by atoms with van der Waals surface area (Å²) in [5.41, 5.74) is 4.27. The molecular weight excluding hydrogens is 426 g/mol. The molecule has 176 valence electrons. The number of amides is 1. The lowest BCUT2D eigenvalue weighted by atomic mass is 9.77. The Hall–Kier alpha value is -3.79. The second kappa shape index (κ2) is 13.0. The molecule has 6 nitrogen and oxygen atoms in total. The van der Waals surface area contributed by atoms with E-state index < -0.39 is 0 Å². The first-order chi connectivity index (χ1) is 16.7. The van der Waals surface area contributed by atoms with E-state index in [0.717, 1.165) is 29.1 Å². The Morgan fingerprint density at radius 1 is 0.941 bits per heavy atom. The molecule has 1 fully saturated rings. The Balaban J connectivity index is 0.000000751. The Kier molecular flexibility index (Phi) is 9.53. The SMILES string of the molecule is CNC=O.COc1ccc(NC[C@@H]2N[C@H](CO)[C@@H]2c2ccc(C#Cc3ccccc3)cc2)cc1. The van der Waals surface area contributed by atoms with E-state index in [1.54, 1.807) is 14.2 Å². The number of aliphatic hydroxyl groups excluding tert-OH is 1. The minimum Gasteiger partial charge on any atom is -0.497 e. The van der Waals surface area contributed by atoms with Crippen LogP contribution in [0.25, 0.3) is 0 Å². The number of hydrogen-bond donors (Lipinski definition) is 4. The van der Waals surface area contributed by atoms with Crippen LogP contribution in [-0.4, -0.2) is 50.9 Å². The highest BCUT2D eigenvalue weighted by Crippen LogP contribution is 2.32. The molecule has 1 amide bonds. The Bertz CT molecular complexity index is 1070. The maximum Gasteiger partial charge on any atom is 0.206 e. The molecular formula is C28H31N3O3. The van der Waals surface area contributed by atoms with Crippen LogP contribution in [0.2, 0.25) is 0 Å². The minimum absolute atomic E-state index is 0.0777. The molecule has 0 unspecified atom stereocenters. The van der Waals surface area contributed by atoms with Gasteiger partial charge in [0.1, 0.15) is 5.75 Å². The van der Waals surface area contributed by atoms with Gasteiger partial charge in [-0.05, 0) is 54.1 Å². The van der Waals surface area contributed by atoms with Crippen molar-refractivity contribution < 1.29 is 14.6 Å². The van der Waals surface area contributed by atoms with Crippen molar-refractivity contribution in [2.24, 2.45) is 0 Å². The standard InChI is InChI=1S/C26H26N2O2.C2H5NO/c1-30-23-15-13-22(14-16-23)27-17-24-26(25(18-29)28-24)21-11-9-20(10-12-21)8-7-19-5-3-2-4-6-19;1-3-2-4/h2-6,9-16,24-29H,17-18H2,1H3;2H,1H3,(H,3,4)/t24-,25+,26+;/m0./s1. The predicted molar refractivity (Wildman–Crippen MR) is 136 cm³/mol. The van der Waals surface area contributed by atoms with E-state index in [0.29, 0.717) is 6.41 Å². The lowest BCUT2D eigenvalue weighted by molar-refractivity contribution is -0.109. The van der Waals surface area contributed by atoms with E-state index in [4.69, 9.17) is 9.53 Å². The zero-order chi connectivity index (χ0) is 24.2. The Labute approximate surface area is 201 Å². The molecule has 0 spiro atoms. The zero-order valence-electron chi connectivity index (χ0n) is 19.5. The van der Waals surface area contributed by atoms with Gasteiger partial charge in [0.25, 0.3) is 0 Å². The fourth-order valence-electron chi connectivity index (χ4n) is 3.85. The summed E-state index contributed by atoms with van der Waals surface area (Å²) in [6.45, 7) is 0.905. The molecule has 1 saturated heterocycles. The van der Waals surface area contributed by atoms with Crippen molar-refractivity contribution in [1.29, 1.82) is 0 Å². The second-order valence-corrected chi connectivity index (χ2v) is 7.84. The third-order valence-electron chi connectivity index (χ3n) is 5.65. The third kappa shape index (κ3) is 6.85. The van der Waals surface area contributed by atoms with Gasteiger partial charge in [-0.15, -0.1) is 0 Å². The van der Waals surface area contributed by atoms with Crippen LogP contribution in [0.5, 0.6) is 5.75 Å². The summed E-state index contributed by atoms with van der Waals surface area (Å²) in [6.07, 6.45) is 0.625. The van der Waals surface area contributed by atoms with Gasteiger partial charge in [0.2, 0.25) is 6.41 Å². The minimum atomic E-state index is 0.0777. The number of carbonyl (C=O) groups is 1. The monoisotopic (exact) mass is 457 g/mol. The average molecular weight is 458 g/mol. The van der Waals surface area contributed by atoms with Crippen LogP contribution in [0, 0.1) is 11.8 Å². The molecule has 0 aromatic heterocycles. The van der Waals surface area contributed by atoms with Gasteiger partial charge < -0.3 is 25.8 Å². The number of aliphatic hydroxyl groups is 1. The number of carbonyl (C=O) groups excluding carboxylic acids is 1. The van der Waals surface area contributed by atoms with Gasteiger partial charge in [-0.2, -0.15) is 0 Å². The highest BCUT2D eigenvalue weighted by Gasteiger charge is 2.40. The van der Waals surface area contributed by atoms with Gasteiger partial charge in [0.05, 0.1) is 13.7 Å². The average Bonchev–Trinajstić information content (AvgIpc) is 2.89. The Morgan fingerprint density at radius 2 is 1.56 bits per heavy atom. The van der Waals surface area contributed by atoms with Gasteiger partial charge in [-0.3, -0.25) is 4.79 Å². The molecule has 1 aliphatic heterocycles. The zero-order valence-corrected chi connectivity index (χ0v) is 19.5. The molecule has 0 saturated carbocycles. The molecule has 0 radical (unpaired) electrons. The van der Waals surface area contributed by atoms with Gasteiger partial charge in [0, 0.05) is 48.4 Å². The molecule has 3 aromatic carbocycles. The smallest absolute Gasteiger partial charge is 0.206 e. The van der Waals surface area contributed by atoms with Crippen LogP contribution in [0.15, 0.2) is 78.9 Å². The first-order valence-corrected chi connectivity index (χ1v) is 11.2. The topological polar surface area (TPSA) is 82.6 Å². The van der Waals surface area contributed by atoms with Crippen molar-refractivity contribution in [2.45, 2.75) is 18.0 Å². The highest BCUT2D eigenvalue weighted by molar-refractivity contribution is 5.47. The van der Waals surface area contributed by atoms with Gasteiger partial charge in [0.15, 0.2) is 0 Å². The lowest BCUT2D eigenvalue weighted by Gasteiger charge is -2.46. The Morgan fingerprint density at radius 3 is 2.12 bits per heavy atom. The van der Waals surface area contributed by atoms with E-state index >= 15 is 0 Å². The number of ether oxygens (including phenoxy) is 1. The second-order valence-electron chi connectivity index (χ2n) is 7.84. The molecule has 3 aromatic rings. The summed E-state index contributed by atoms with van der Waals surface area (Å²) in [4.78, 5) is 9.06. The van der Waals surface area contributed by atoms with E-state index in [9.17, 15) is 5.11 Å². The molecule has 0 bridgehead atoms. The predicted octanol–water partition coefficient (Wildman–Crippen LogP) is 2.99. The first-order valence-electron chi connectivity index (χ1n) is 11.2. The van der Waals surface area contributed by atoms with Gasteiger partial charge in [-0.25, -0.2) is 0 Å². The summed E-state index contributed by atoms with van der Waals surface area (Å²) >= 11 is 0. The van der Waals surface area contributed by atoms with Crippen molar-refractivity contribution in [2.75, 3.05) is 32.6 Å². The molecule has 0 aliphatic carbocycles. The molecule has 6 heteroatoms. The van der Waals surface area contributed by atoms with Crippen LogP contribution < -0.4 is 20.7 Å². The molecule has 4 rings (SSSR count). The summed E-state index contributed by atoms with van der Waals surface area (Å²) in [5.74, 6) is 7.51. The van der Waals surface area contributed by atoms with Crippen LogP contribution in [0.1, 0.15) is 22.6 Å². The summed E-state index contributed by atoms with van der Waals surface area (Å²) in [5, 5.41) is 18.9. The maximum atomic E-state index is 9.72. The first kappa shape index (κ1) is 24.8.